The van der Waals surface area contributed by atoms with E-state index in [2.05, 4.69) is 19.2 Å². The molecule has 0 spiro atoms. The SMILES string of the molecule is CCN(C)C(CC(Cl)CC(C)(C)C1=CC=C(NC(=O)c2c(F)cccc2F)CC1)C(C)=O. The van der Waals surface area contributed by atoms with E-state index in [-0.39, 0.29) is 22.6 Å². The van der Waals surface area contributed by atoms with E-state index in [1.165, 1.54) is 11.6 Å². The summed E-state index contributed by atoms with van der Waals surface area (Å²) >= 11 is 6.67. The van der Waals surface area contributed by atoms with Gasteiger partial charge in [0.15, 0.2) is 0 Å². The van der Waals surface area contributed by atoms with Gasteiger partial charge in [0.05, 0.1) is 6.04 Å². The molecule has 0 aliphatic heterocycles. The molecule has 32 heavy (non-hydrogen) atoms. The molecule has 4 nitrogen and oxygen atoms in total. The second-order valence-corrected chi connectivity index (χ2v) is 9.67. The van der Waals surface area contributed by atoms with Crippen molar-refractivity contribution in [1.29, 1.82) is 0 Å². The smallest absolute Gasteiger partial charge is 0.261 e. The molecule has 1 N–H and O–H groups in total. The number of halogens is 3. The van der Waals surface area contributed by atoms with E-state index < -0.39 is 23.1 Å². The highest BCUT2D eigenvalue weighted by Gasteiger charge is 2.30. The van der Waals surface area contributed by atoms with Gasteiger partial charge in [0.1, 0.15) is 23.0 Å². The molecule has 0 fully saturated rings. The van der Waals surface area contributed by atoms with Crippen LogP contribution in [0.15, 0.2) is 41.6 Å². The fourth-order valence-electron chi connectivity index (χ4n) is 4.12. The summed E-state index contributed by atoms with van der Waals surface area (Å²) < 4.78 is 27.7. The Kier molecular flexibility index (Phi) is 9.17. The van der Waals surface area contributed by atoms with Crippen LogP contribution in [-0.4, -0.2) is 41.6 Å². The van der Waals surface area contributed by atoms with Crippen molar-refractivity contribution in [3.8, 4) is 0 Å². The van der Waals surface area contributed by atoms with E-state index in [9.17, 15) is 18.4 Å². The Balaban J connectivity index is 2.04. The third kappa shape index (κ3) is 6.72. The van der Waals surface area contributed by atoms with Crippen LogP contribution in [0.2, 0.25) is 0 Å². The number of ketones is 1. The number of alkyl halides is 1. The number of rotatable bonds is 10. The molecular formula is C25H33ClF2N2O2. The summed E-state index contributed by atoms with van der Waals surface area (Å²) in [6.07, 6.45) is 6.28. The Labute approximate surface area is 194 Å². The van der Waals surface area contributed by atoms with E-state index in [1.54, 1.807) is 13.0 Å². The summed E-state index contributed by atoms with van der Waals surface area (Å²) in [5.74, 6) is -2.45. The number of nitrogens with one attached hydrogen (secondary N) is 1. The minimum Gasteiger partial charge on any atom is -0.326 e. The zero-order valence-corrected chi connectivity index (χ0v) is 20.2. The topological polar surface area (TPSA) is 49.4 Å². The summed E-state index contributed by atoms with van der Waals surface area (Å²) in [6, 6.07) is 3.15. The van der Waals surface area contributed by atoms with Crippen LogP contribution in [-0.2, 0) is 4.79 Å². The van der Waals surface area contributed by atoms with E-state index in [1.807, 2.05) is 24.9 Å². The minimum atomic E-state index is -0.887. The predicted molar refractivity (Wildman–Crippen MR) is 125 cm³/mol. The number of benzene rings is 1. The van der Waals surface area contributed by atoms with Crippen LogP contribution in [0.5, 0.6) is 0 Å². The molecule has 0 saturated heterocycles. The molecular weight excluding hydrogens is 434 g/mol. The largest absolute Gasteiger partial charge is 0.326 e. The molecule has 0 saturated carbocycles. The predicted octanol–water partition coefficient (Wildman–Crippen LogP) is 5.62. The van der Waals surface area contributed by atoms with Crippen molar-refractivity contribution in [3.63, 3.8) is 0 Å². The first-order chi connectivity index (χ1) is 15.0. The maximum atomic E-state index is 13.8. The number of amides is 1. The summed E-state index contributed by atoms with van der Waals surface area (Å²) in [6.45, 7) is 8.63. The van der Waals surface area contributed by atoms with Crippen LogP contribution in [0.1, 0.15) is 63.7 Å². The maximum Gasteiger partial charge on any atom is 0.261 e. The molecule has 2 atom stereocenters. The lowest BCUT2D eigenvalue weighted by atomic mass is 9.75. The third-order valence-corrected chi connectivity index (χ3v) is 6.53. The van der Waals surface area contributed by atoms with Crippen LogP contribution in [0, 0.1) is 17.0 Å². The number of hydrogen-bond donors (Lipinski definition) is 1. The molecule has 1 aliphatic rings. The molecule has 7 heteroatoms. The fraction of sp³-hybridized carbons (Fsp3) is 0.520. The Morgan fingerprint density at radius 3 is 2.31 bits per heavy atom. The lowest BCUT2D eigenvalue weighted by Gasteiger charge is -2.34. The van der Waals surface area contributed by atoms with Gasteiger partial charge in [-0.2, -0.15) is 0 Å². The quantitative estimate of drug-likeness (QED) is 0.455. The highest BCUT2D eigenvalue weighted by atomic mass is 35.5. The average molecular weight is 467 g/mol. The van der Waals surface area contributed by atoms with Gasteiger partial charge in [-0.3, -0.25) is 14.5 Å². The number of likely N-dealkylation sites (N-methyl/N-ethyl adjacent to an activating group) is 1. The molecule has 1 aromatic rings. The first-order valence-electron chi connectivity index (χ1n) is 11.0. The van der Waals surface area contributed by atoms with Gasteiger partial charge in [0, 0.05) is 11.1 Å². The number of carbonyl (C=O) groups excluding carboxylic acids is 2. The minimum absolute atomic E-state index is 0.115. The van der Waals surface area contributed by atoms with Gasteiger partial charge in [-0.05, 0) is 69.8 Å². The first kappa shape index (κ1) is 26.2. The molecule has 0 bridgehead atoms. The summed E-state index contributed by atoms with van der Waals surface area (Å²) in [4.78, 5) is 26.3. The normalized spacial score (nSPS) is 16.3. The second kappa shape index (κ2) is 11.2. The van der Waals surface area contributed by atoms with Gasteiger partial charge in [-0.15, -0.1) is 11.6 Å². The molecule has 1 aliphatic carbocycles. The number of hydrogen-bond acceptors (Lipinski definition) is 3. The number of carbonyl (C=O) groups is 2. The van der Waals surface area contributed by atoms with Crippen LogP contribution >= 0.6 is 11.6 Å². The highest BCUT2D eigenvalue weighted by Crippen LogP contribution is 2.39. The van der Waals surface area contributed by atoms with Gasteiger partial charge in [0.25, 0.3) is 5.91 Å². The van der Waals surface area contributed by atoms with Crippen molar-refractivity contribution < 1.29 is 18.4 Å². The lowest BCUT2D eigenvalue weighted by Crippen LogP contribution is -2.39. The molecule has 0 radical (unpaired) electrons. The molecule has 1 amide bonds. The molecule has 2 rings (SSSR count). The Morgan fingerprint density at radius 2 is 1.81 bits per heavy atom. The molecule has 2 unspecified atom stereocenters. The van der Waals surface area contributed by atoms with Crippen molar-refractivity contribution in [3.05, 3.63) is 58.8 Å². The number of allylic oxidation sites excluding steroid dienone is 4. The standard InChI is InChI=1S/C25H33ClF2N2O2/c1-6-30(5)22(16(2)31)14-18(26)15-25(3,4)17-10-12-19(13-11-17)29-24(32)23-20(27)8-7-9-21(23)28/h7-10,12,18,22H,6,11,13-15H2,1-5H3,(H,29,32). The third-order valence-electron chi connectivity index (χ3n) is 6.19. The Morgan fingerprint density at radius 1 is 1.19 bits per heavy atom. The first-order valence-corrected chi connectivity index (χ1v) is 11.4. The van der Waals surface area contributed by atoms with E-state index in [0.29, 0.717) is 31.4 Å². The van der Waals surface area contributed by atoms with Crippen LogP contribution in [0.4, 0.5) is 8.78 Å². The van der Waals surface area contributed by atoms with Gasteiger partial charge < -0.3 is 5.32 Å². The fourth-order valence-corrected chi connectivity index (χ4v) is 4.67. The monoisotopic (exact) mass is 466 g/mol. The number of nitrogens with zero attached hydrogens (tertiary/aromatic N) is 1. The van der Waals surface area contributed by atoms with E-state index in [0.717, 1.165) is 18.7 Å². The van der Waals surface area contributed by atoms with Gasteiger partial charge in [0.2, 0.25) is 0 Å². The Hall–Kier alpha value is -2.05. The van der Waals surface area contributed by atoms with Crippen LogP contribution in [0.3, 0.4) is 0 Å². The summed E-state index contributed by atoms with van der Waals surface area (Å²) in [5.41, 5.74) is 1.02. The number of Topliss-reactive ketones (excluding diaryl/α,β-unsaturated/α-hetero) is 1. The second-order valence-electron chi connectivity index (χ2n) is 9.06. The summed E-state index contributed by atoms with van der Waals surface area (Å²) in [5, 5.41) is 2.45. The zero-order valence-electron chi connectivity index (χ0n) is 19.5. The van der Waals surface area contributed by atoms with Gasteiger partial charge in [-0.1, -0.05) is 38.5 Å². The van der Waals surface area contributed by atoms with Crippen LogP contribution in [0.25, 0.3) is 0 Å². The zero-order chi connectivity index (χ0) is 24.1. The molecule has 176 valence electrons. The van der Waals surface area contributed by atoms with Crippen molar-refractivity contribution in [1.82, 2.24) is 10.2 Å². The molecule has 0 heterocycles. The highest BCUT2D eigenvalue weighted by molar-refractivity contribution is 6.20. The molecule has 1 aromatic carbocycles. The van der Waals surface area contributed by atoms with Gasteiger partial charge >= 0.3 is 0 Å². The van der Waals surface area contributed by atoms with Crippen molar-refractivity contribution >= 4 is 23.3 Å². The Bertz CT molecular complexity index is 891. The van der Waals surface area contributed by atoms with Crippen molar-refractivity contribution in [2.75, 3.05) is 13.6 Å². The average Bonchev–Trinajstić information content (AvgIpc) is 2.71. The lowest BCUT2D eigenvalue weighted by molar-refractivity contribution is -0.121. The van der Waals surface area contributed by atoms with Crippen LogP contribution < -0.4 is 5.32 Å². The summed E-state index contributed by atoms with van der Waals surface area (Å²) in [7, 11) is 1.93. The van der Waals surface area contributed by atoms with Crippen molar-refractivity contribution in [2.45, 2.75) is 64.8 Å². The molecule has 0 aromatic heterocycles. The van der Waals surface area contributed by atoms with Crippen molar-refractivity contribution in [2.24, 2.45) is 5.41 Å². The van der Waals surface area contributed by atoms with Gasteiger partial charge in [-0.25, -0.2) is 8.78 Å². The maximum absolute atomic E-state index is 13.8. The van der Waals surface area contributed by atoms with E-state index >= 15 is 0 Å². The van der Waals surface area contributed by atoms with E-state index in [4.69, 9.17) is 11.6 Å².